The van der Waals surface area contributed by atoms with Crippen molar-refractivity contribution in [2.45, 2.75) is 17.9 Å². The molecule has 0 saturated heterocycles. The van der Waals surface area contributed by atoms with Crippen molar-refractivity contribution < 1.29 is 22.4 Å². The molecule has 0 radical (unpaired) electrons. The summed E-state index contributed by atoms with van der Waals surface area (Å²) in [7, 11) is 0. The van der Waals surface area contributed by atoms with Gasteiger partial charge < -0.3 is 9.73 Å². The Balaban J connectivity index is 1.50. The minimum Gasteiger partial charge on any atom is -0.467 e. The van der Waals surface area contributed by atoms with Crippen molar-refractivity contribution in [3.63, 3.8) is 0 Å². The van der Waals surface area contributed by atoms with Crippen molar-refractivity contribution in [3.05, 3.63) is 71.5 Å². The van der Waals surface area contributed by atoms with Gasteiger partial charge in [0.05, 0.1) is 35.3 Å². The maximum atomic E-state index is 13.0. The van der Waals surface area contributed by atoms with Crippen LogP contribution in [0.4, 0.5) is 18.9 Å². The third-order valence-electron chi connectivity index (χ3n) is 4.29. The summed E-state index contributed by atoms with van der Waals surface area (Å²) in [6.07, 6.45) is 1.47. The maximum Gasteiger partial charge on any atom is 0.417 e. The average Bonchev–Trinajstić information content (AvgIpc) is 3.44. The predicted octanol–water partition coefficient (Wildman–Crippen LogP) is 4.78. The van der Waals surface area contributed by atoms with Gasteiger partial charge in [-0.1, -0.05) is 23.4 Å². The van der Waals surface area contributed by atoms with Gasteiger partial charge in [-0.05, 0) is 30.3 Å². The van der Waals surface area contributed by atoms with Crippen LogP contribution in [0.15, 0.2) is 64.8 Å². The van der Waals surface area contributed by atoms with E-state index in [1.54, 1.807) is 16.7 Å². The van der Waals surface area contributed by atoms with Crippen molar-refractivity contribution in [2.75, 3.05) is 11.1 Å². The molecule has 3 heterocycles. The second-order valence-corrected chi connectivity index (χ2v) is 7.94. The van der Waals surface area contributed by atoms with Gasteiger partial charge in [-0.15, -0.1) is 10.2 Å². The lowest BCUT2D eigenvalue weighted by atomic mass is 10.2. The van der Waals surface area contributed by atoms with Crippen LogP contribution in [-0.2, 0) is 17.5 Å². The van der Waals surface area contributed by atoms with Crippen molar-refractivity contribution in [1.29, 1.82) is 0 Å². The smallest absolute Gasteiger partial charge is 0.417 e. The van der Waals surface area contributed by atoms with Crippen LogP contribution in [0.1, 0.15) is 11.3 Å². The molecule has 8 nitrogen and oxygen atoms in total. The number of hydrogen-bond donors (Lipinski definition) is 1. The molecule has 4 rings (SSSR count). The van der Waals surface area contributed by atoms with Crippen molar-refractivity contribution in [2.24, 2.45) is 0 Å². The van der Waals surface area contributed by atoms with E-state index in [1.165, 1.54) is 30.9 Å². The van der Waals surface area contributed by atoms with Crippen LogP contribution >= 0.6 is 23.4 Å². The summed E-state index contributed by atoms with van der Waals surface area (Å²) in [5.74, 6) is 0.409. The Bertz CT molecular complexity index is 1250. The van der Waals surface area contributed by atoms with Gasteiger partial charge in [-0.3, -0.25) is 14.3 Å². The topological polar surface area (TPSA) is 98.7 Å². The number of benzene rings is 1. The number of hydrogen-bond acceptors (Lipinski definition) is 7. The fourth-order valence-electron chi connectivity index (χ4n) is 2.85. The highest BCUT2D eigenvalue weighted by Gasteiger charge is 2.33. The van der Waals surface area contributed by atoms with E-state index in [0.29, 0.717) is 22.4 Å². The quantitative estimate of drug-likeness (QED) is 0.369. The fraction of sp³-hybridized carbons (Fsp3) is 0.150. The predicted molar refractivity (Wildman–Crippen MR) is 115 cm³/mol. The number of aromatic nitrogens is 5. The zero-order valence-corrected chi connectivity index (χ0v) is 18.2. The zero-order chi connectivity index (χ0) is 23.4. The molecule has 0 fully saturated rings. The molecule has 3 aromatic heterocycles. The highest BCUT2D eigenvalue weighted by atomic mass is 35.5. The van der Waals surface area contributed by atoms with Gasteiger partial charge >= 0.3 is 6.18 Å². The molecule has 33 heavy (non-hydrogen) atoms. The number of anilines is 1. The Hall–Kier alpha value is -3.38. The van der Waals surface area contributed by atoms with E-state index in [9.17, 15) is 18.0 Å². The molecule has 1 amide bonds. The van der Waals surface area contributed by atoms with E-state index in [2.05, 4.69) is 25.5 Å². The van der Waals surface area contributed by atoms with Gasteiger partial charge in [0.1, 0.15) is 11.5 Å². The normalized spacial score (nSPS) is 11.5. The summed E-state index contributed by atoms with van der Waals surface area (Å²) in [6, 6.07) is 6.69. The highest BCUT2D eigenvalue weighted by molar-refractivity contribution is 7.99. The van der Waals surface area contributed by atoms with E-state index >= 15 is 0 Å². The summed E-state index contributed by atoms with van der Waals surface area (Å²) in [5.41, 5.74) is -0.565. The second-order valence-electron chi connectivity index (χ2n) is 6.59. The Labute approximate surface area is 194 Å². The first-order valence-corrected chi connectivity index (χ1v) is 10.7. The number of nitrogens with zero attached hydrogens (tertiary/aromatic N) is 5. The monoisotopic (exact) mass is 494 g/mol. The first kappa shape index (κ1) is 22.8. The molecule has 4 aromatic rings. The van der Waals surface area contributed by atoms with E-state index in [4.69, 9.17) is 16.0 Å². The summed E-state index contributed by atoms with van der Waals surface area (Å²) < 4.78 is 46.2. The molecule has 0 unspecified atom stereocenters. The summed E-state index contributed by atoms with van der Waals surface area (Å²) in [5, 5.41) is 10.7. The first-order chi connectivity index (χ1) is 15.8. The molecule has 0 aliphatic carbocycles. The molecule has 0 aliphatic heterocycles. The molecule has 0 bridgehead atoms. The minimum atomic E-state index is -4.63. The first-order valence-electron chi connectivity index (χ1n) is 9.32. The number of alkyl halides is 3. The Morgan fingerprint density at radius 3 is 2.76 bits per heavy atom. The summed E-state index contributed by atoms with van der Waals surface area (Å²) in [6.45, 7) is 0.280. The second kappa shape index (κ2) is 9.63. The van der Waals surface area contributed by atoms with Crippen LogP contribution in [0, 0.1) is 0 Å². The largest absolute Gasteiger partial charge is 0.467 e. The van der Waals surface area contributed by atoms with Crippen LogP contribution in [0.25, 0.3) is 11.5 Å². The fourth-order valence-corrected chi connectivity index (χ4v) is 3.81. The highest BCUT2D eigenvalue weighted by Crippen LogP contribution is 2.36. The van der Waals surface area contributed by atoms with Crippen LogP contribution in [0.3, 0.4) is 0 Å². The van der Waals surface area contributed by atoms with Crippen LogP contribution in [0.5, 0.6) is 0 Å². The van der Waals surface area contributed by atoms with Crippen LogP contribution in [-0.4, -0.2) is 36.4 Å². The number of halogens is 4. The number of thioether (sulfide) groups is 1. The number of furan rings is 1. The van der Waals surface area contributed by atoms with Crippen LogP contribution < -0.4 is 5.32 Å². The van der Waals surface area contributed by atoms with Crippen molar-refractivity contribution in [3.8, 4) is 11.5 Å². The third kappa shape index (κ3) is 5.52. The molecule has 1 N–H and O–H groups in total. The number of carbonyl (C=O) groups excluding carboxylic acids is 1. The van der Waals surface area contributed by atoms with Crippen LogP contribution in [0.2, 0.25) is 5.02 Å². The standard InChI is InChI=1S/C20H14ClF3N6O2S/c21-15-4-3-12(8-14(15)20(22,23)24)27-17(31)11-33-19-29-28-18(16-9-25-5-6-26-16)30(19)10-13-2-1-7-32-13/h1-9H,10-11H2,(H,27,31). The molecule has 0 spiro atoms. The van der Waals surface area contributed by atoms with E-state index in [0.717, 1.165) is 23.9 Å². The molecule has 0 atom stereocenters. The van der Waals surface area contributed by atoms with Crippen molar-refractivity contribution >= 4 is 35.0 Å². The van der Waals surface area contributed by atoms with Gasteiger partial charge in [-0.25, -0.2) is 4.98 Å². The number of nitrogens with one attached hydrogen (secondary N) is 1. The Kier molecular flexibility index (Phi) is 6.65. The van der Waals surface area contributed by atoms with Gasteiger partial charge in [0.25, 0.3) is 0 Å². The van der Waals surface area contributed by atoms with Gasteiger partial charge in [0.2, 0.25) is 5.91 Å². The van der Waals surface area contributed by atoms with E-state index in [-0.39, 0.29) is 18.0 Å². The van der Waals surface area contributed by atoms with E-state index < -0.39 is 22.7 Å². The lowest BCUT2D eigenvalue weighted by Crippen LogP contribution is -2.16. The molecule has 1 aromatic carbocycles. The van der Waals surface area contributed by atoms with Gasteiger partial charge in [0, 0.05) is 18.1 Å². The van der Waals surface area contributed by atoms with Gasteiger partial charge in [-0.2, -0.15) is 13.2 Å². The SMILES string of the molecule is O=C(CSc1nnc(-c2cnccn2)n1Cc1ccco1)Nc1ccc(Cl)c(C(F)(F)F)c1. The molecule has 170 valence electrons. The molecule has 0 saturated carbocycles. The average molecular weight is 495 g/mol. The van der Waals surface area contributed by atoms with Gasteiger partial charge in [0.15, 0.2) is 11.0 Å². The summed E-state index contributed by atoms with van der Waals surface area (Å²) >= 11 is 6.68. The number of carbonyl (C=O) groups is 1. The number of rotatable bonds is 7. The Morgan fingerprint density at radius 2 is 2.06 bits per heavy atom. The zero-order valence-electron chi connectivity index (χ0n) is 16.6. The lowest BCUT2D eigenvalue weighted by Gasteiger charge is -2.12. The maximum absolute atomic E-state index is 13.0. The van der Waals surface area contributed by atoms with E-state index in [1.807, 2.05) is 0 Å². The molecule has 13 heteroatoms. The molecular formula is C20H14ClF3N6O2S. The molecule has 0 aliphatic rings. The third-order valence-corrected chi connectivity index (χ3v) is 5.59. The minimum absolute atomic E-state index is 0.0189. The van der Waals surface area contributed by atoms with Crippen molar-refractivity contribution in [1.82, 2.24) is 24.7 Å². The molecular weight excluding hydrogens is 481 g/mol. The number of amides is 1. The lowest BCUT2D eigenvalue weighted by molar-refractivity contribution is -0.137. The summed E-state index contributed by atoms with van der Waals surface area (Å²) in [4.78, 5) is 20.7. The Morgan fingerprint density at radius 1 is 1.21 bits per heavy atom.